The zero-order valence-corrected chi connectivity index (χ0v) is 16.5. The molecule has 1 amide bonds. The van der Waals surface area contributed by atoms with Gasteiger partial charge in [0.05, 0.1) is 23.3 Å². The highest BCUT2D eigenvalue weighted by Gasteiger charge is 2.21. The molecular formula is C22H26N6O. The molecule has 0 bridgehead atoms. The third-order valence-corrected chi connectivity index (χ3v) is 5.46. The molecule has 2 unspecified atom stereocenters. The molecule has 4 rings (SSSR count). The number of nitrogens with zero attached hydrogens (tertiary/aromatic N) is 3. The van der Waals surface area contributed by atoms with E-state index in [2.05, 4.69) is 32.4 Å². The van der Waals surface area contributed by atoms with Crippen molar-refractivity contribution in [2.45, 2.75) is 13.0 Å². The summed E-state index contributed by atoms with van der Waals surface area (Å²) >= 11 is 0. The van der Waals surface area contributed by atoms with E-state index in [1.165, 1.54) is 0 Å². The molecule has 2 aliphatic rings. The Morgan fingerprint density at radius 3 is 2.93 bits per heavy atom. The number of carbonyl (C=O) groups is 1. The van der Waals surface area contributed by atoms with Crippen LogP contribution < -0.4 is 21.3 Å². The largest absolute Gasteiger partial charge is 0.367 e. The van der Waals surface area contributed by atoms with Gasteiger partial charge in [-0.15, -0.1) is 0 Å². The Labute approximate surface area is 170 Å². The molecule has 0 radical (unpaired) electrons. The van der Waals surface area contributed by atoms with Crippen molar-refractivity contribution < 1.29 is 4.79 Å². The summed E-state index contributed by atoms with van der Waals surface area (Å²) in [5.74, 6) is -0.108. The van der Waals surface area contributed by atoms with Crippen LogP contribution in [0, 0.1) is 5.92 Å². The molecule has 7 heteroatoms. The van der Waals surface area contributed by atoms with E-state index in [1.54, 1.807) is 18.5 Å². The molecule has 1 aliphatic heterocycles. The van der Waals surface area contributed by atoms with Crippen LogP contribution in [-0.4, -0.2) is 48.1 Å². The number of nitrogens with one attached hydrogen (secondary N) is 2. The fourth-order valence-electron chi connectivity index (χ4n) is 3.71. The molecule has 150 valence electrons. The summed E-state index contributed by atoms with van der Waals surface area (Å²) < 4.78 is 0. The van der Waals surface area contributed by atoms with Gasteiger partial charge in [-0.2, -0.15) is 0 Å². The number of aromatic nitrogens is 2. The monoisotopic (exact) mass is 390 g/mol. The van der Waals surface area contributed by atoms with Crippen molar-refractivity contribution >= 4 is 22.9 Å². The standard InChI is InChI=1S/C22H26N6O/c1-15-16(4-2-5-17(15)23)18-6-3-7-19(26-18)22(29)27-20-14-25-9-8-21(20)28-12-10-24-11-13-28/h2-9,14-15,17,24H,10-13,23H2,1H3,(H,27,29). The number of carbonyl (C=O) groups excluding carboxylic acids is 1. The van der Waals surface area contributed by atoms with E-state index in [1.807, 2.05) is 36.4 Å². The lowest BCUT2D eigenvalue weighted by Gasteiger charge is -2.30. The quantitative estimate of drug-likeness (QED) is 0.740. The molecule has 1 saturated heterocycles. The number of hydrogen-bond acceptors (Lipinski definition) is 6. The highest BCUT2D eigenvalue weighted by Crippen LogP contribution is 2.28. The minimum atomic E-state index is -0.250. The third-order valence-electron chi connectivity index (χ3n) is 5.46. The van der Waals surface area contributed by atoms with Gasteiger partial charge in [0.2, 0.25) is 0 Å². The minimum absolute atomic E-state index is 0.0498. The average molecular weight is 390 g/mol. The van der Waals surface area contributed by atoms with Crippen LogP contribution in [0.25, 0.3) is 5.57 Å². The smallest absolute Gasteiger partial charge is 0.274 e. The molecule has 4 N–H and O–H groups in total. The lowest BCUT2D eigenvalue weighted by molar-refractivity contribution is 0.102. The summed E-state index contributed by atoms with van der Waals surface area (Å²) in [7, 11) is 0. The van der Waals surface area contributed by atoms with E-state index in [-0.39, 0.29) is 17.9 Å². The molecule has 1 fully saturated rings. The first-order valence-corrected chi connectivity index (χ1v) is 9.96. The first-order valence-electron chi connectivity index (χ1n) is 9.96. The van der Waals surface area contributed by atoms with Crippen LogP contribution in [0.1, 0.15) is 23.1 Å². The minimum Gasteiger partial charge on any atom is -0.367 e. The Morgan fingerprint density at radius 1 is 1.28 bits per heavy atom. The van der Waals surface area contributed by atoms with Crippen LogP contribution in [0.15, 0.2) is 54.9 Å². The highest BCUT2D eigenvalue weighted by atomic mass is 16.1. The predicted octanol–water partition coefficient (Wildman–Crippen LogP) is 2.06. The molecule has 0 aromatic carbocycles. The van der Waals surface area contributed by atoms with Gasteiger partial charge in [0.25, 0.3) is 5.91 Å². The van der Waals surface area contributed by atoms with Gasteiger partial charge in [-0.3, -0.25) is 9.78 Å². The van der Waals surface area contributed by atoms with E-state index in [0.29, 0.717) is 11.4 Å². The Bertz CT molecular complexity index is 948. The van der Waals surface area contributed by atoms with E-state index in [9.17, 15) is 4.79 Å². The number of allylic oxidation sites excluding steroid dienone is 2. The maximum atomic E-state index is 12.9. The number of amides is 1. The van der Waals surface area contributed by atoms with Gasteiger partial charge in [0.15, 0.2) is 0 Å². The van der Waals surface area contributed by atoms with Gasteiger partial charge in [-0.1, -0.05) is 31.2 Å². The maximum absolute atomic E-state index is 12.9. The molecule has 1 aliphatic carbocycles. The van der Waals surface area contributed by atoms with Crippen molar-refractivity contribution in [2.75, 3.05) is 36.4 Å². The Balaban J connectivity index is 1.56. The fraction of sp³-hybridized carbons (Fsp3) is 0.318. The predicted molar refractivity (Wildman–Crippen MR) is 116 cm³/mol. The average Bonchev–Trinajstić information content (AvgIpc) is 2.77. The van der Waals surface area contributed by atoms with Crippen LogP contribution >= 0.6 is 0 Å². The molecule has 0 saturated carbocycles. The number of anilines is 2. The maximum Gasteiger partial charge on any atom is 0.274 e. The third kappa shape index (κ3) is 4.21. The summed E-state index contributed by atoms with van der Waals surface area (Å²) in [6.45, 7) is 5.69. The summed E-state index contributed by atoms with van der Waals surface area (Å²) in [6, 6.07) is 7.39. The van der Waals surface area contributed by atoms with E-state index < -0.39 is 0 Å². The Hall–Kier alpha value is -3.03. The lowest BCUT2D eigenvalue weighted by atomic mass is 9.87. The topological polar surface area (TPSA) is 96.2 Å². The van der Waals surface area contributed by atoms with Gasteiger partial charge in [-0.25, -0.2) is 4.98 Å². The second-order valence-corrected chi connectivity index (χ2v) is 7.36. The van der Waals surface area contributed by atoms with Crippen LogP contribution in [-0.2, 0) is 0 Å². The van der Waals surface area contributed by atoms with E-state index >= 15 is 0 Å². The van der Waals surface area contributed by atoms with Crippen molar-refractivity contribution in [3.63, 3.8) is 0 Å². The second-order valence-electron chi connectivity index (χ2n) is 7.36. The zero-order chi connectivity index (χ0) is 20.2. The molecular weight excluding hydrogens is 364 g/mol. The van der Waals surface area contributed by atoms with Crippen molar-refractivity contribution in [1.82, 2.24) is 15.3 Å². The molecule has 2 aromatic heterocycles. The SMILES string of the molecule is CC1C(c2cccc(C(=O)Nc3cnccc3N3CCNCC3)n2)=CC=CC1N. The number of pyridine rings is 2. The highest BCUT2D eigenvalue weighted by molar-refractivity contribution is 6.04. The zero-order valence-electron chi connectivity index (χ0n) is 16.5. The van der Waals surface area contributed by atoms with Crippen molar-refractivity contribution in [1.29, 1.82) is 0 Å². The number of nitrogens with two attached hydrogens (primary N) is 1. The van der Waals surface area contributed by atoms with Crippen LogP contribution in [0.3, 0.4) is 0 Å². The van der Waals surface area contributed by atoms with Gasteiger partial charge in [-0.05, 0) is 23.8 Å². The lowest BCUT2D eigenvalue weighted by Crippen LogP contribution is -2.43. The van der Waals surface area contributed by atoms with Crippen molar-refractivity contribution in [3.8, 4) is 0 Å². The molecule has 7 nitrogen and oxygen atoms in total. The molecule has 29 heavy (non-hydrogen) atoms. The number of hydrogen-bond donors (Lipinski definition) is 3. The normalized spacial score (nSPS) is 21.6. The van der Waals surface area contributed by atoms with Gasteiger partial charge in [0.1, 0.15) is 5.69 Å². The molecule has 3 heterocycles. The summed E-state index contributed by atoms with van der Waals surface area (Å²) in [5, 5.41) is 6.33. The van der Waals surface area contributed by atoms with Gasteiger partial charge < -0.3 is 21.3 Å². The molecule has 2 atom stereocenters. The number of piperazine rings is 1. The summed E-state index contributed by atoms with van der Waals surface area (Å²) in [5.41, 5.74) is 10.0. The van der Waals surface area contributed by atoms with Crippen LogP contribution in [0.2, 0.25) is 0 Å². The van der Waals surface area contributed by atoms with Gasteiger partial charge >= 0.3 is 0 Å². The van der Waals surface area contributed by atoms with Crippen molar-refractivity contribution in [2.24, 2.45) is 11.7 Å². The first kappa shape index (κ1) is 19.3. The number of rotatable bonds is 4. The molecule has 2 aromatic rings. The van der Waals surface area contributed by atoms with Gasteiger partial charge in [0, 0.05) is 44.3 Å². The Kier molecular flexibility index (Phi) is 5.69. The van der Waals surface area contributed by atoms with Crippen LogP contribution in [0.5, 0.6) is 0 Å². The van der Waals surface area contributed by atoms with E-state index in [0.717, 1.165) is 43.1 Å². The first-order chi connectivity index (χ1) is 14.1. The second kappa shape index (κ2) is 8.55. The summed E-state index contributed by atoms with van der Waals surface area (Å²) in [4.78, 5) is 24.0. The molecule has 0 spiro atoms. The van der Waals surface area contributed by atoms with Crippen LogP contribution in [0.4, 0.5) is 11.4 Å². The fourth-order valence-corrected chi connectivity index (χ4v) is 3.71. The van der Waals surface area contributed by atoms with E-state index in [4.69, 9.17) is 5.73 Å². The van der Waals surface area contributed by atoms with Crippen molar-refractivity contribution in [3.05, 3.63) is 66.3 Å². The Morgan fingerprint density at radius 2 is 2.10 bits per heavy atom. The summed E-state index contributed by atoms with van der Waals surface area (Å²) in [6.07, 6.45) is 9.38.